The Kier molecular flexibility index (Phi) is 5.52. The number of methoxy groups -OCH3 is 1. The van der Waals surface area contributed by atoms with Crippen LogP contribution in [0.1, 0.15) is 0 Å². The number of ether oxygens (including phenoxy) is 1. The van der Waals surface area contributed by atoms with Gasteiger partial charge in [0, 0.05) is 0 Å². The van der Waals surface area contributed by atoms with Gasteiger partial charge in [0.05, 0.1) is 7.11 Å². The molecule has 6 heteroatoms. The molecule has 0 bridgehead atoms. The first kappa shape index (κ1) is 14.1. The number of nitrogens with zero attached hydrogens (tertiary/aromatic N) is 1. The van der Waals surface area contributed by atoms with Gasteiger partial charge in [-0.2, -0.15) is 0 Å². The monoisotopic (exact) mass is 247 g/mol. The number of oxime groups is 1. The lowest BCUT2D eigenvalue weighted by Crippen LogP contribution is -2.29. The van der Waals surface area contributed by atoms with E-state index in [2.05, 4.69) is 16.6 Å². The maximum atomic E-state index is 5.64. The molecule has 0 N–H and O–H groups in total. The van der Waals surface area contributed by atoms with Gasteiger partial charge in [-0.25, -0.2) is 0 Å². The first-order valence-electron chi connectivity index (χ1n) is 4.39. The van der Waals surface area contributed by atoms with Crippen LogP contribution < -0.4 is 0 Å². The van der Waals surface area contributed by atoms with Gasteiger partial charge in [0.25, 0.3) is 0 Å². The minimum absolute atomic E-state index is 0.208. The second-order valence-electron chi connectivity index (χ2n) is 3.75. The highest BCUT2D eigenvalue weighted by atomic mass is 32.1. The van der Waals surface area contributed by atoms with Crippen molar-refractivity contribution in [2.75, 3.05) is 14.2 Å². The van der Waals surface area contributed by atoms with E-state index in [1.807, 2.05) is 19.6 Å². The van der Waals surface area contributed by atoms with Gasteiger partial charge in [0.2, 0.25) is 13.4 Å². The van der Waals surface area contributed by atoms with Gasteiger partial charge in [-0.15, -0.1) is 0 Å². The highest BCUT2D eigenvalue weighted by Gasteiger charge is 2.22. The van der Waals surface area contributed by atoms with Crippen molar-refractivity contribution < 1.29 is 14.0 Å². The third-order valence-corrected chi connectivity index (χ3v) is 2.47. The van der Waals surface area contributed by atoms with E-state index in [0.717, 1.165) is 0 Å². The Morgan fingerprint density at radius 1 is 1.27 bits per heavy atom. The van der Waals surface area contributed by atoms with Crippen LogP contribution in [-0.4, -0.2) is 33.3 Å². The predicted octanol–water partition coefficient (Wildman–Crippen LogP) is 2.33. The van der Waals surface area contributed by atoms with Crippen LogP contribution in [0.3, 0.4) is 0 Å². The van der Waals surface area contributed by atoms with Crippen molar-refractivity contribution in [2.45, 2.75) is 19.6 Å². The van der Waals surface area contributed by atoms with Gasteiger partial charge >= 0.3 is 0 Å². The zero-order chi connectivity index (χ0) is 12.1. The summed E-state index contributed by atoms with van der Waals surface area (Å²) in [6.45, 7) is 9.88. The summed E-state index contributed by atoms with van der Waals surface area (Å²) < 4.78 is 10.5. The van der Waals surface area contributed by atoms with Crippen molar-refractivity contribution in [3.8, 4) is 0 Å². The van der Waals surface area contributed by atoms with Crippen molar-refractivity contribution >= 4 is 31.3 Å². The molecule has 4 nitrogen and oxygen atoms in total. The van der Waals surface area contributed by atoms with Crippen LogP contribution >= 0.6 is 12.2 Å². The molecule has 0 fully saturated rings. The Morgan fingerprint density at radius 2 is 1.80 bits per heavy atom. The second kappa shape index (κ2) is 5.87. The Labute approximate surface area is 97.0 Å². The molecule has 0 rings (SSSR count). The van der Waals surface area contributed by atoms with Gasteiger partial charge in [0.1, 0.15) is 12.9 Å². The molecule has 0 saturated carbocycles. The molecule has 0 aromatic heterocycles. The Morgan fingerprint density at radius 3 is 2.13 bits per heavy atom. The fourth-order valence-electron chi connectivity index (χ4n) is 0.808. The van der Waals surface area contributed by atoms with E-state index in [9.17, 15) is 0 Å². The molecule has 0 aromatic rings. The molecule has 0 aliphatic heterocycles. The van der Waals surface area contributed by atoms with E-state index in [0.29, 0.717) is 11.5 Å². The summed E-state index contributed by atoms with van der Waals surface area (Å²) in [5.41, 5.74) is 0.331. The summed E-state index contributed by atoms with van der Waals surface area (Å²) in [6.07, 6.45) is 0. The van der Waals surface area contributed by atoms with Gasteiger partial charge in [-0.05, 0) is 31.9 Å². The highest BCUT2D eigenvalue weighted by molar-refractivity contribution is 7.81. The van der Waals surface area contributed by atoms with Crippen molar-refractivity contribution in [1.29, 1.82) is 0 Å². The topological polar surface area (TPSA) is 40.0 Å². The molecule has 0 amide bonds. The average Bonchev–Trinajstić information content (AvgIpc) is 2.10. The van der Waals surface area contributed by atoms with Gasteiger partial charge in [-0.1, -0.05) is 11.7 Å². The van der Waals surface area contributed by atoms with Crippen LogP contribution in [0.5, 0.6) is 0 Å². The van der Waals surface area contributed by atoms with Gasteiger partial charge < -0.3 is 14.0 Å². The van der Waals surface area contributed by atoms with Crippen LogP contribution in [-0.2, 0) is 14.0 Å². The zero-order valence-corrected chi connectivity index (χ0v) is 11.6. The number of rotatable bonds is 5. The molecule has 0 aromatic carbocycles. The molecule has 86 valence electrons. The van der Waals surface area contributed by atoms with Gasteiger partial charge in [0.15, 0.2) is 5.71 Å². The lowest BCUT2D eigenvalue weighted by Gasteiger charge is -2.21. The van der Waals surface area contributed by atoms with Crippen LogP contribution in [0.25, 0.3) is 0 Å². The first-order valence-corrected chi connectivity index (χ1v) is 8.21. The largest absolute Gasteiger partial charge is 0.543 e. The second-order valence-corrected chi connectivity index (χ2v) is 8.55. The normalized spacial score (nSPS) is 11.9. The van der Waals surface area contributed by atoms with Crippen LogP contribution in [0.15, 0.2) is 17.5 Å². The van der Waals surface area contributed by atoms with Crippen molar-refractivity contribution in [2.24, 2.45) is 5.16 Å². The van der Waals surface area contributed by atoms with E-state index in [4.69, 9.17) is 21.4 Å². The van der Waals surface area contributed by atoms with E-state index in [-0.39, 0.29) is 5.05 Å². The average molecular weight is 247 g/mol. The molecular weight excluding hydrogens is 230 g/mol. The molecule has 0 atom stereocenters. The van der Waals surface area contributed by atoms with E-state index in [1.54, 1.807) is 0 Å². The molecule has 0 saturated heterocycles. The fourth-order valence-corrected chi connectivity index (χ4v) is 1.79. The van der Waals surface area contributed by atoms with E-state index in [1.165, 1.54) is 14.2 Å². The van der Waals surface area contributed by atoms with Crippen LogP contribution in [0.4, 0.5) is 0 Å². The third kappa shape index (κ3) is 5.53. The maximum absolute atomic E-state index is 5.64. The number of hydrogen-bond acceptors (Lipinski definition) is 5. The highest BCUT2D eigenvalue weighted by Crippen LogP contribution is 2.11. The molecule has 0 unspecified atom stereocenters. The molecule has 0 radical (unpaired) electrons. The molecule has 15 heavy (non-hydrogen) atoms. The zero-order valence-electron chi connectivity index (χ0n) is 9.79. The van der Waals surface area contributed by atoms with Crippen molar-refractivity contribution in [3.05, 3.63) is 12.3 Å². The predicted molar refractivity (Wildman–Crippen MR) is 67.6 cm³/mol. The molecule has 0 aliphatic rings. The SMILES string of the molecule is C=C(O[Si](C)(C)C)C(=NOC)C(=S)OC. The fraction of sp³-hybridized carbons (Fsp3) is 0.556. The minimum Gasteiger partial charge on any atom is -0.543 e. The van der Waals surface area contributed by atoms with Gasteiger partial charge in [-0.3, -0.25) is 0 Å². The molecular formula is C9H17NO3SSi. The number of thiocarbonyl (C=S) groups is 1. The van der Waals surface area contributed by atoms with Crippen LogP contribution in [0.2, 0.25) is 19.6 Å². The summed E-state index contributed by atoms with van der Waals surface area (Å²) in [6, 6.07) is 0. The quantitative estimate of drug-likeness (QED) is 0.246. The van der Waals surface area contributed by atoms with Crippen molar-refractivity contribution in [3.63, 3.8) is 0 Å². The standard InChI is InChI=1S/C9H17NO3SSi/c1-7(13-15(4,5)6)8(10-12-3)9(14)11-2/h1H2,2-6H3. The summed E-state index contributed by atoms with van der Waals surface area (Å²) in [5.74, 6) is 0.392. The summed E-state index contributed by atoms with van der Waals surface area (Å²) >= 11 is 4.95. The molecule has 0 heterocycles. The summed E-state index contributed by atoms with van der Waals surface area (Å²) in [7, 11) is 1.18. The van der Waals surface area contributed by atoms with Crippen LogP contribution in [0, 0.1) is 0 Å². The minimum atomic E-state index is -1.72. The Balaban J connectivity index is 4.74. The smallest absolute Gasteiger partial charge is 0.242 e. The van der Waals surface area contributed by atoms with Crippen molar-refractivity contribution in [1.82, 2.24) is 0 Å². The third-order valence-electron chi connectivity index (χ3n) is 1.25. The maximum Gasteiger partial charge on any atom is 0.242 e. The molecule has 0 aliphatic carbocycles. The lowest BCUT2D eigenvalue weighted by atomic mass is 10.3. The Hall–Kier alpha value is -0.883. The number of hydrogen-bond donors (Lipinski definition) is 0. The lowest BCUT2D eigenvalue weighted by molar-refractivity contribution is 0.212. The van der Waals surface area contributed by atoms with E-state index >= 15 is 0 Å². The first-order chi connectivity index (χ1) is 6.81. The summed E-state index contributed by atoms with van der Waals surface area (Å²) in [4.78, 5) is 4.66. The Bertz CT molecular complexity index is 284. The van der Waals surface area contributed by atoms with E-state index < -0.39 is 8.32 Å². The molecule has 0 spiro atoms. The summed E-state index contributed by atoms with van der Waals surface area (Å²) in [5, 5.41) is 3.94.